The van der Waals surface area contributed by atoms with Gasteiger partial charge in [0.25, 0.3) is 5.91 Å². The van der Waals surface area contributed by atoms with E-state index < -0.39 is 5.82 Å². The second kappa shape index (κ2) is 8.96. The van der Waals surface area contributed by atoms with Crippen LogP contribution in [0.5, 0.6) is 0 Å². The number of rotatable bonds is 8. The van der Waals surface area contributed by atoms with Gasteiger partial charge in [0, 0.05) is 31.1 Å². The molecule has 1 aromatic carbocycles. The van der Waals surface area contributed by atoms with Gasteiger partial charge in [-0.05, 0) is 38.0 Å². The smallest absolute Gasteiger partial charge is 0.253 e. The number of amides is 2. The molecule has 0 saturated heterocycles. The van der Waals surface area contributed by atoms with Crippen LogP contribution in [0.2, 0.25) is 0 Å². The van der Waals surface area contributed by atoms with Crippen LogP contribution in [0.4, 0.5) is 10.2 Å². The average Bonchev–Trinajstić information content (AvgIpc) is 2.98. The maximum Gasteiger partial charge on any atom is 0.253 e. The van der Waals surface area contributed by atoms with Gasteiger partial charge >= 0.3 is 0 Å². The summed E-state index contributed by atoms with van der Waals surface area (Å²) in [4.78, 5) is 26.0. The lowest BCUT2D eigenvalue weighted by Gasteiger charge is -2.22. The molecule has 1 aromatic heterocycles. The summed E-state index contributed by atoms with van der Waals surface area (Å²) < 4.78 is 18.2. The van der Waals surface area contributed by atoms with Crippen molar-refractivity contribution in [3.63, 3.8) is 0 Å². The largest absolute Gasteiger partial charge is 0.360 e. The zero-order chi connectivity index (χ0) is 18.2. The van der Waals surface area contributed by atoms with Crippen LogP contribution in [-0.4, -0.2) is 35.0 Å². The molecule has 0 atom stereocenters. The number of aryl methyl sites for hydroxylation is 1. The van der Waals surface area contributed by atoms with E-state index in [9.17, 15) is 14.0 Å². The molecule has 1 N–H and O–H groups in total. The van der Waals surface area contributed by atoms with Gasteiger partial charge in [-0.3, -0.25) is 9.59 Å². The molecule has 0 fully saturated rings. The first-order valence-electron chi connectivity index (χ1n) is 8.27. The van der Waals surface area contributed by atoms with Gasteiger partial charge in [0.1, 0.15) is 11.6 Å². The van der Waals surface area contributed by atoms with Gasteiger partial charge in [-0.15, -0.1) is 0 Å². The Bertz CT molecular complexity index is 730. The van der Waals surface area contributed by atoms with E-state index in [1.54, 1.807) is 24.0 Å². The van der Waals surface area contributed by atoms with E-state index in [4.69, 9.17) is 4.52 Å². The van der Waals surface area contributed by atoms with Crippen LogP contribution in [0, 0.1) is 12.7 Å². The first kappa shape index (κ1) is 18.6. The van der Waals surface area contributed by atoms with E-state index in [1.807, 2.05) is 6.92 Å². The summed E-state index contributed by atoms with van der Waals surface area (Å²) in [6.07, 6.45) is 1.54. The summed E-state index contributed by atoms with van der Waals surface area (Å²) in [6, 6.07) is 7.27. The van der Waals surface area contributed by atoms with Crippen LogP contribution in [-0.2, 0) is 4.79 Å². The van der Waals surface area contributed by atoms with E-state index in [0.29, 0.717) is 36.7 Å². The highest BCUT2D eigenvalue weighted by Gasteiger charge is 2.16. The van der Waals surface area contributed by atoms with Crippen molar-refractivity contribution in [3.8, 4) is 0 Å². The molecule has 25 heavy (non-hydrogen) atoms. The lowest BCUT2D eigenvalue weighted by atomic mass is 10.1. The normalized spacial score (nSPS) is 10.5. The number of aromatic nitrogens is 1. The van der Waals surface area contributed by atoms with Crippen molar-refractivity contribution in [1.29, 1.82) is 0 Å². The molecule has 0 spiro atoms. The van der Waals surface area contributed by atoms with Crippen molar-refractivity contribution >= 4 is 17.6 Å². The zero-order valence-corrected chi connectivity index (χ0v) is 14.4. The molecule has 2 rings (SSSR count). The summed E-state index contributed by atoms with van der Waals surface area (Å²) in [5.74, 6) is 0.135. The molecule has 134 valence electrons. The molecule has 2 amide bonds. The van der Waals surface area contributed by atoms with Crippen molar-refractivity contribution in [2.24, 2.45) is 0 Å². The van der Waals surface area contributed by atoms with Crippen LogP contribution in [0.25, 0.3) is 0 Å². The van der Waals surface area contributed by atoms with Gasteiger partial charge in [0.15, 0.2) is 5.82 Å². The lowest BCUT2D eigenvalue weighted by Crippen LogP contribution is -2.33. The van der Waals surface area contributed by atoms with Crippen LogP contribution >= 0.6 is 0 Å². The van der Waals surface area contributed by atoms with E-state index >= 15 is 0 Å². The summed E-state index contributed by atoms with van der Waals surface area (Å²) >= 11 is 0. The number of benzene rings is 1. The molecule has 6 nitrogen and oxygen atoms in total. The first-order chi connectivity index (χ1) is 12.0. The zero-order valence-electron chi connectivity index (χ0n) is 14.4. The maximum atomic E-state index is 13.3. The maximum absolute atomic E-state index is 13.3. The van der Waals surface area contributed by atoms with Crippen molar-refractivity contribution in [2.75, 3.05) is 18.4 Å². The molecule has 2 aromatic rings. The number of nitrogens with one attached hydrogen (secondary N) is 1. The second-order valence-corrected chi connectivity index (χ2v) is 5.78. The molecule has 0 aliphatic carbocycles. The third kappa shape index (κ3) is 5.70. The first-order valence-corrected chi connectivity index (χ1v) is 8.27. The minimum atomic E-state index is -0.440. The molecule has 0 saturated carbocycles. The summed E-state index contributed by atoms with van der Waals surface area (Å²) in [5, 5.41) is 6.34. The molecule has 0 bridgehead atoms. The van der Waals surface area contributed by atoms with Crippen LogP contribution < -0.4 is 5.32 Å². The van der Waals surface area contributed by atoms with E-state index in [1.165, 1.54) is 18.2 Å². The van der Waals surface area contributed by atoms with Gasteiger partial charge in [0.05, 0.1) is 0 Å². The third-order valence-corrected chi connectivity index (χ3v) is 3.58. The predicted molar refractivity (Wildman–Crippen MR) is 91.7 cm³/mol. The minimum Gasteiger partial charge on any atom is -0.360 e. The fraction of sp³-hybridized carbons (Fsp3) is 0.389. The van der Waals surface area contributed by atoms with E-state index in [-0.39, 0.29) is 18.2 Å². The Balaban J connectivity index is 1.86. The molecule has 0 radical (unpaired) electrons. The third-order valence-electron chi connectivity index (χ3n) is 3.58. The Labute approximate surface area is 146 Å². The SMILES string of the molecule is CCCN(CCCC(=O)Nc1cc(C)on1)C(=O)c1cccc(F)c1. The average molecular weight is 347 g/mol. The Kier molecular flexibility index (Phi) is 6.68. The van der Waals surface area contributed by atoms with E-state index in [2.05, 4.69) is 10.5 Å². The van der Waals surface area contributed by atoms with Gasteiger partial charge in [0.2, 0.25) is 5.91 Å². The standard InChI is InChI=1S/C18H22FN3O3/c1-3-9-22(18(24)14-6-4-7-15(19)12-14)10-5-8-17(23)20-16-11-13(2)25-21-16/h4,6-7,11-12H,3,5,8-10H2,1-2H3,(H,20,21,23). The topological polar surface area (TPSA) is 75.4 Å². The fourth-order valence-electron chi connectivity index (χ4n) is 2.45. The molecule has 7 heteroatoms. The summed E-state index contributed by atoms with van der Waals surface area (Å²) in [5.41, 5.74) is 0.316. The molecule has 0 aliphatic rings. The van der Waals surface area contributed by atoms with Gasteiger partial charge in [-0.2, -0.15) is 0 Å². The van der Waals surface area contributed by atoms with Crippen molar-refractivity contribution in [2.45, 2.75) is 33.1 Å². The second-order valence-electron chi connectivity index (χ2n) is 5.78. The Morgan fingerprint density at radius 1 is 1.28 bits per heavy atom. The highest BCUT2D eigenvalue weighted by molar-refractivity contribution is 5.94. The predicted octanol–water partition coefficient (Wildman–Crippen LogP) is 3.39. The molecule has 0 unspecified atom stereocenters. The molecule has 0 aliphatic heterocycles. The van der Waals surface area contributed by atoms with Crippen molar-refractivity contribution < 1.29 is 18.5 Å². The number of hydrogen-bond acceptors (Lipinski definition) is 4. The number of carbonyl (C=O) groups excluding carboxylic acids is 2. The quantitative estimate of drug-likeness (QED) is 0.794. The summed E-state index contributed by atoms with van der Waals surface area (Å²) in [7, 11) is 0. The van der Waals surface area contributed by atoms with Crippen LogP contribution in [0.1, 0.15) is 42.3 Å². The van der Waals surface area contributed by atoms with E-state index in [0.717, 1.165) is 6.42 Å². The molecular formula is C18H22FN3O3. The highest BCUT2D eigenvalue weighted by Crippen LogP contribution is 2.11. The lowest BCUT2D eigenvalue weighted by molar-refractivity contribution is -0.116. The van der Waals surface area contributed by atoms with Gasteiger partial charge < -0.3 is 14.7 Å². The monoisotopic (exact) mass is 347 g/mol. The van der Waals surface area contributed by atoms with Crippen LogP contribution in [0.15, 0.2) is 34.9 Å². The van der Waals surface area contributed by atoms with Crippen molar-refractivity contribution in [3.05, 3.63) is 47.5 Å². The number of hydrogen-bond donors (Lipinski definition) is 1. The fourth-order valence-corrected chi connectivity index (χ4v) is 2.45. The number of carbonyl (C=O) groups is 2. The van der Waals surface area contributed by atoms with Crippen LogP contribution in [0.3, 0.4) is 0 Å². The molecule has 1 heterocycles. The van der Waals surface area contributed by atoms with Gasteiger partial charge in [-0.1, -0.05) is 18.1 Å². The highest BCUT2D eigenvalue weighted by atomic mass is 19.1. The minimum absolute atomic E-state index is 0.192. The Morgan fingerprint density at radius 3 is 2.72 bits per heavy atom. The number of nitrogens with zero attached hydrogens (tertiary/aromatic N) is 2. The molecular weight excluding hydrogens is 325 g/mol. The van der Waals surface area contributed by atoms with Gasteiger partial charge in [-0.25, -0.2) is 4.39 Å². The number of anilines is 1. The Morgan fingerprint density at radius 2 is 2.08 bits per heavy atom. The summed E-state index contributed by atoms with van der Waals surface area (Å²) in [6.45, 7) is 4.68. The van der Waals surface area contributed by atoms with Crippen molar-refractivity contribution in [1.82, 2.24) is 10.1 Å². The Hall–Kier alpha value is -2.70. The number of halogens is 1.